The third-order valence-corrected chi connectivity index (χ3v) is 1.63. The van der Waals surface area contributed by atoms with Gasteiger partial charge in [-0.3, -0.25) is 0 Å². The van der Waals surface area contributed by atoms with E-state index in [-0.39, 0.29) is 0 Å². The van der Waals surface area contributed by atoms with Gasteiger partial charge in [0.1, 0.15) is 11.7 Å². The first-order valence-electron chi connectivity index (χ1n) is 3.88. The largest absolute Gasteiger partial charge is 0.365 e. The van der Waals surface area contributed by atoms with Crippen molar-refractivity contribution in [3.63, 3.8) is 0 Å². The van der Waals surface area contributed by atoms with E-state index in [2.05, 4.69) is 10.2 Å². The van der Waals surface area contributed by atoms with Crippen molar-refractivity contribution >= 4 is 11.7 Å². The molecule has 0 rings (SSSR count). The van der Waals surface area contributed by atoms with Crippen LogP contribution in [0.4, 0.5) is 0 Å². The molecule has 0 aliphatic rings. The van der Waals surface area contributed by atoms with E-state index >= 15 is 0 Å². The van der Waals surface area contributed by atoms with Gasteiger partial charge in [0.05, 0.1) is 0 Å². The number of amidine groups is 2. The molecule has 0 bridgehead atoms. The molecular formula is C8H18N4. The minimum absolute atomic E-state index is 0.899. The lowest BCUT2D eigenvalue weighted by Gasteiger charge is -2.11. The minimum atomic E-state index is 0.899. The molecule has 0 aromatic heterocycles. The van der Waals surface area contributed by atoms with Gasteiger partial charge in [-0.05, 0) is 13.8 Å². The van der Waals surface area contributed by atoms with E-state index < -0.39 is 0 Å². The first-order chi connectivity index (χ1) is 5.45. The van der Waals surface area contributed by atoms with Gasteiger partial charge in [0.15, 0.2) is 0 Å². The minimum Gasteiger partial charge on any atom is -0.365 e. The zero-order valence-corrected chi connectivity index (χ0v) is 8.79. The summed E-state index contributed by atoms with van der Waals surface area (Å²) < 4.78 is 0. The smallest absolute Gasteiger partial charge is 0.123 e. The van der Waals surface area contributed by atoms with Crippen LogP contribution in [0.1, 0.15) is 13.8 Å². The average molecular weight is 170 g/mol. The zero-order chi connectivity index (χ0) is 9.72. The lowest BCUT2D eigenvalue weighted by atomic mass is 10.6. The molecule has 0 saturated carbocycles. The van der Waals surface area contributed by atoms with Crippen molar-refractivity contribution in [2.75, 3.05) is 28.2 Å². The maximum Gasteiger partial charge on any atom is 0.123 e. The highest BCUT2D eigenvalue weighted by molar-refractivity contribution is 5.82. The van der Waals surface area contributed by atoms with Crippen LogP contribution in [-0.4, -0.2) is 49.7 Å². The van der Waals surface area contributed by atoms with Crippen molar-refractivity contribution in [2.24, 2.45) is 10.2 Å². The summed E-state index contributed by atoms with van der Waals surface area (Å²) in [6.45, 7) is 3.85. The fourth-order valence-corrected chi connectivity index (χ4v) is 0.324. The van der Waals surface area contributed by atoms with Crippen molar-refractivity contribution in [1.29, 1.82) is 0 Å². The van der Waals surface area contributed by atoms with Crippen LogP contribution in [0.3, 0.4) is 0 Å². The molecule has 0 aliphatic carbocycles. The summed E-state index contributed by atoms with van der Waals surface area (Å²) in [7, 11) is 7.78. The summed E-state index contributed by atoms with van der Waals surface area (Å²) in [6.07, 6.45) is 0. The molecule has 0 amide bonds. The van der Waals surface area contributed by atoms with Crippen molar-refractivity contribution < 1.29 is 0 Å². The first kappa shape index (κ1) is 10.9. The number of nitrogens with zero attached hydrogens (tertiary/aromatic N) is 4. The Hall–Kier alpha value is -1.06. The van der Waals surface area contributed by atoms with Gasteiger partial charge < -0.3 is 9.80 Å². The van der Waals surface area contributed by atoms with Crippen LogP contribution in [-0.2, 0) is 0 Å². The van der Waals surface area contributed by atoms with Crippen LogP contribution in [0.15, 0.2) is 10.2 Å². The Morgan fingerprint density at radius 3 is 1.17 bits per heavy atom. The Labute approximate surface area is 74.6 Å². The molecule has 0 N–H and O–H groups in total. The predicted molar refractivity (Wildman–Crippen MR) is 53.6 cm³/mol. The summed E-state index contributed by atoms with van der Waals surface area (Å²) in [5.74, 6) is 1.80. The highest BCUT2D eigenvalue weighted by Crippen LogP contribution is 1.87. The van der Waals surface area contributed by atoms with E-state index in [0.717, 1.165) is 11.7 Å². The summed E-state index contributed by atoms with van der Waals surface area (Å²) in [4.78, 5) is 3.85. The number of hydrogen-bond acceptors (Lipinski definition) is 2. The third-order valence-electron chi connectivity index (χ3n) is 1.63. The second-order valence-electron chi connectivity index (χ2n) is 3.08. The fraction of sp³-hybridized carbons (Fsp3) is 0.750. The summed E-state index contributed by atoms with van der Waals surface area (Å²) in [5, 5.41) is 8.07. The Kier molecular flexibility index (Phi) is 4.33. The first-order valence-corrected chi connectivity index (χ1v) is 3.88. The molecule has 0 spiro atoms. The van der Waals surface area contributed by atoms with Crippen LogP contribution in [0.5, 0.6) is 0 Å². The van der Waals surface area contributed by atoms with E-state index in [1.54, 1.807) is 0 Å². The van der Waals surface area contributed by atoms with Gasteiger partial charge in [-0.15, -0.1) is 10.2 Å². The lowest BCUT2D eigenvalue weighted by Crippen LogP contribution is -2.20. The van der Waals surface area contributed by atoms with Crippen LogP contribution in [0.2, 0.25) is 0 Å². The monoisotopic (exact) mass is 170 g/mol. The normalized spacial score (nSPS) is 13.2. The van der Waals surface area contributed by atoms with E-state index in [9.17, 15) is 0 Å². The third kappa shape index (κ3) is 3.95. The van der Waals surface area contributed by atoms with E-state index in [1.807, 2.05) is 51.8 Å². The van der Waals surface area contributed by atoms with Gasteiger partial charge in [0.2, 0.25) is 0 Å². The van der Waals surface area contributed by atoms with Crippen molar-refractivity contribution in [3.8, 4) is 0 Å². The molecular weight excluding hydrogens is 152 g/mol. The van der Waals surface area contributed by atoms with Crippen LogP contribution < -0.4 is 0 Å². The molecule has 0 aliphatic heterocycles. The molecule has 4 heteroatoms. The second-order valence-corrected chi connectivity index (χ2v) is 3.08. The van der Waals surface area contributed by atoms with Crippen LogP contribution in [0.25, 0.3) is 0 Å². The fourth-order valence-electron chi connectivity index (χ4n) is 0.324. The molecule has 0 atom stereocenters. The Morgan fingerprint density at radius 2 is 1.00 bits per heavy atom. The quantitative estimate of drug-likeness (QED) is 0.332. The molecule has 0 saturated heterocycles. The van der Waals surface area contributed by atoms with Gasteiger partial charge in [0.25, 0.3) is 0 Å². The molecule has 0 aromatic rings. The predicted octanol–water partition coefficient (Wildman–Crippen LogP) is 0.861. The topological polar surface area (TPSA) is 31.2 Å². The molecule has 4 nitrogen and oxygen atoms in total. The number of rotatable bonds is 1. The summed E-state index contributed by atoms with van der Waals surface area (Å²) in [5.41, 5.74) is 0. The SMILES string of the molecule is CC(=NN=C(C)N(C)C)N(C)C. The summed E-state index contributed by atoms with van der Waals surface area (Å²) in [6, 6.07) is 0. The zero-order valence-electron chi connectivity index (χ0n) is 8.79. The van der Waals surface area contributed by atoms with E-state index in [0.29, 0.717) is 0 Å². The van der Waals surface area contributed by atoms with Gasteiger partial charge in [-0.1, -0.05) is 0 Å². The van der Waals surface area contributed by atoms with Gasteiger partial charge in [-0.2, -0.15) is 0 Å². The van der Waals surface area contributed by atoms with Crippen molar-refractivity contribution in [3.05, 3.63) is 0 Å². The van der Waals surface area contributed by atoms with Gasteiger partial charge >= 0.3 is 0 Å². The lowest BCUT2D eigenvalue weighted by molar-refractivity contribution is 0.604. The maximum atomic E-state index is 4.03. The van der Waals surface area contributed by atoms with Crippen molar-refractivity contribution in [1.82, 2.24) is 9.80 Å². The molecule has 0 radical (unpaired) electrons. The van der Waals surface area contributed by atoms with Gasteiger partial charge in [0, 0.05) is 28.2 Å². The van der Waals surface area contributed by atoms with E-state index in [4.69, 9.17) is 0 Å². The Morgan fingerprint density at radius 1 is 0.750 bits per heavy atom. The highest BCUT2D eigenvalue weighted by atomic mass is 15.3. The molecule has 0 heterocycles. The van der Waals surface area contributed by atoms with Crippen LogP contribution in [0, 0.1) is 0 Å². The molecule has 70 valence electrons. The van der Waals surface area contributed by atoms with Gasteiger partial charge in [-0.25, -0.2) is 0 Å². The molecule has 0 fully saturated rings. The maximum absolute atomic E-state index is 4.03. The molecule has 0 aromatic carbocycles. The second kappa shape index (κ2) is 4.74. The van der Waals surface area contributed by atoms with Crippen LogP contribution >= 0.6 is 0 Å². The molecule has 12 heavy (non-hydrogen) atoms. The van der Waals surface area contributed by atoms with E-state index in [1.165, 1.54) is 0 Å². The highest BCUT2D eigenvalue weighted by Gasteiger charge is 1.93. The number of hydrogen-bond donors (Lipinski definition) is 0. The Bertz CT molecular complexity index is 169. The standard InChI is InChI=1S/C8H18N4/c1-7(11(3)4)9-10-8(2)12(5)6/h1-6H3. The average Bonchev–Trinajstić information content (AvgIpc) is 1.98. The summed E-state index contributed by atoms with van der Waals surface area (Å²) >= 11 is 0. The molecule has 0 unspecified atom stereocenters. The van der Waals surface area contributed by atoms with Crippen molar-refractivity contribution in [2.45, 2.75) is 13.8 Å². The Balaban J connectivity index is 4.27.